The molecule has 202 valence electrons. The minimum absolute atomic E-state index is 0.0343. The fourth-order valence-corrected chi connectivity index (χ4v) is 3.92. The topological polar surface area (TPSA) is 242 Å². The number of carboxylic acid groups (broad SMARTS) is 2. The first-order chi connectivity index (χ1) is 17.4. The van der Waals surface area contributed by atoms with E-state index in [1.165, 1.54) is 24.3 Å². The number of benzene rings is 1. The molecule has 4 amide bonds. The molecule has 4 atom stereocenters. The molecule has 1 heterocycles. The van der Waals surface area contributed by atoms with E-state index in [0.717, 1.165) is 4.90 Å². The Morgan fingerprint density at radius 1 is 1.00 bits per heavy atom. The summed E-state index contributed by atoms with van der Waals surface area (Å²) in [6, 6.07) is 0.479. The van der Waals surface area contributed by atoms with Gasteiger partial charge >= 0.3 is 11.9 Å². The van der Waals surface area contributed by atoms with Crippen molar-refractivity contribution in [2.45, 2.75) is 62.7 Å². The Balaban J connectivity index is 2.24. The number of nitrogens with zero attached hydrogens (tertiary/aromatic N) is 1. The van der Waals surface area contributed by atoms with Gasteiger partial charge in [-0.3, -0.25) is 24.0 Å². The number of rotatable bonds is 13. The van der Waals surface area contributed by atoms with Crippen LogP contribution in [0.15, 0.2) is 24.3 Å². The van der Waals surface area contributed by atoms with Crippen LogP contribution in [0.4, 0.5) is 0 Å². The lowest BCUT2D eigenvalue weighted by Crippen LogP contribution is -2.58. The molecular weight excluding hydrogens is 490 g/mol. The number of aromatic hydroxyl groups is 1. The Bertz CT molecular complexity index is 1030. The lowest BCUT2D eigenvalue weighted by Gasteiger charge is -2.28. The zero-order valence-corrected chi connectivity index (χ0v) is 20.0. The van der Waals surface area contributed by atoms with E-state index in [-0.39, 0.29) is 38.0 Å². The fraction of sp³-hybridized carbons (Fsp3) is 0.478. The molecule has 2 rings (SSSR count). The van der Waals surface area contributed by atoms with Crippen LogP contribution in [0, 0.1) is 0 Å². The van der Waals surface area contributed by atoms with Gasteiger partial charge < -0.3 is 42.3 Å². The van der Waals surface area contributed by atoms with Crippen molar-refractivity contribution in [2.75, 3.05) is 6.54 Å². The number of amides is 4. The summed E-state index contributed by atoms with van der Waals surface area (Å²) in [7, 11) is 0. The van der Waals surface area contributed by atoms with Crippen LogP contribution in [0.5, 0.6) is 5.75 Å². The number of carbonyl (C=O) groups excluding carboxylic acids is 4. The van der Waals surface area contributed by atoms with E-state index in [1.807, 2.05) is 0 Å². The van der Waals surface area contributed by atoms with Crippen molar-refractivity contribution in [3.05, 3.63) is 29.8 Å². The highest BCUT2D eigenvalue weighted by Gasteiger charge is 2.39. The molecule has 1 fully saturated rings. The number of nitrogens with one attached hydrogen (secondary N) is 2. The van der Waals surface area contributed by atoms with E-state index >= 15 is 0 Å². The molecule has 0 bridgehead atoms. The summed E-state index contributed by atoms with van der Waals surface area (Å²) in [6.07, 6.45) is -0.586. The molecule has 1 aromatic rings. The third kappa shape index (κ3) is 8.75. The van der Waals surface area contributed by atoms with Gasteiger partial charge in [0.05, 0.1) is 12.5 Å². The van der Waals surface area contributed by atoms with Gasteiger partial charge in [-0.25, -0.2) is 4.79 Å². The summed E-state index contributed by atoms with van der Waals surface area (Å²) in [5.74, 6) is -5.91. The molecule has 0 aliphatic carbocycles. The quantitative estimate of drug-likeness (QED) is 0.151. The number of phenolic OH excluding ortho intramolecular Hbond substituents is 1. The van der Waals surface area contributed by atoms with E-state index in [2.05, 4.69) is 10.6 Å². The number of primary amides is 1. The minimum Gasteiger partial charge on any atom is -0.508 e. The summed E-state index contributed by atoms with van der Waals surface area (Å²) >= 11 is 0. The number of hydrogen-bond donors (Lipinski definition) is 7. The fourth-order valence-electron chi connectivity index (χ4n) is 3.92. The number of nitrogens with two attached hydrogens (primary N) is 2. The highest BCUT2D eigenvalue weighted by molar-refractivity contribution is 5.96. The van der Waals surface area contributed by atoms with E-state index in [0.29, 0.717) is 12.0 Å². The van der Waals surface area contributed by atoms with Crippen molar-refractivity contribution in [1.82, 2.24) is 15.5 Å². The lowest BCUT2D eigenvalue weighted by atomic mass is 10.0. The van der Waals surface area contributed by atoms with Gasteiger partial charge in [0.15, 0.2) is 0 Å². The monoisotopic (exact) mass is 521 g/mol. The van der Waals surface area contributed by atoms with Crippen LogP contribution in [0.3, 0.4) is 0 Å². The smallest absolute Gasteiger partial charge is 0.326 e. The predicted molar refractivity (Wildman–Crippen MR) is 127 cm³/mol. The van der Waals surface area contributed by atoms with Crippen molar-refractivity contribution in [2.24, 2.45) is 11.5 Å². The summed E-state index contributed by atoms with van der Waals surface area (Å²) in [5, 5.41) is 33.0. The van der Waals surface area contributed by atoms with E-state index in [1.54, 1.807) is 0 Å². The third-order valence-corrected chi connectivity index (χ3v) is 5.86. The Kier molecular flexibility index (Phi) is 10.4. The second kappa shape index (κ2) is 13.2. The van der Waals surface area contributed by atoms with E-state index in [4.69, 9.17) is 11.5 Å². The number of carbonyl (C=O) groups is 6. The highest BCUT2D eigenvalue weighted by Crippen LogP contribution is 2.19. The van der Waals surface area contributed by atoms with E-state index < -0.39 is 66.2 Å². The molecule has 14 nitrogen and oxygen atoms in total. The number of carboxylic acids is 2. The molecule has 1 aliphatic heterocycles. The van der Waals surface area contributed by atoms with Gasteiger partial charge in [0, 0.05) is 19.4 Å². The number of aliphatic carboxylic acids is 2. The van der Waals surface area contributed by atoms with Crippen LogP contribution >= 0.6 is 0 Å². The van der Waals surface area contributed by atoms with Crippen LogP contribution in [-0.2, 0) is 35.2 Å². The molecule has 0 spiro atoms. The van der Waals surface area contributed by atoms with Gasteiger partial charge in [-0.15, -0.1) is 0 Å². The van der Waals surface area contributed by atoms with Crippen LogP contribution in [0.25, 0.3) is 0 Å². The maximum atomic E-state index is 13.2. The number of phenols is 1. The third-order valence-electron chi connectivity index (χ3n) is 5.86. The normalized spacial score (nSPS) is 17.3. The lowest BCUT2D eigenvalue weighted by molar-refractivity contribution is -0.150. The largest absolute Gasteiger partial charge is 0.508 e. The molecular formula is C23H31N5O9. The second-order valence-electron chi connectivity index (χ2n) is 8.73. The van der Waals surface area contributed by atoms with Gasteiger partial charge in [0.25, 0.3) is 0 Å². The average molecular weight is 522 g/mol. The van der Waals surface area contributed by atoms with E-state index in [9.17, 15) is 44.1 Å². The molecule has 37 heavy (non-hydrogen) atoms. The zero-order chi connectivity index (χ0) is 27.7. The first kappa shape index (κ1) is 29.0. The van der Waals surface area contributed by atoms with Crippen LogP contribution < -0.4 is 22.1 Å². The SMILES string of the molecule is NC(=O)CCC(N)C(=O)NC(Cc1ccc(O)cc1)C(=O)NC(CC(=O)O)C(=O)N1CCCC1C(=O)O. The van der Waals surface area contributed by atoms with Crippen molar-refractivity contribution >= 4 is 35.6 Å². The minimum atomic E-state index is -1.59. The number of hydrogen-bond acceptors (Lipinski definition) is 8. The molecule has 4 unspecified atom stereocenters. The Hall–Kier alpha value is -4.20. The summed E-state index contributed by atoms with van der Waals surface area (Å²) in [5.41, 5.74) is 11.4. The van der Waals surface area contributed by atoms with Crippen molar-refractivity contribution in [1.29, 1.82) is 0 Å². The molecule has 1 saturated heterocycles. The standard InChI is InChI=1S/C23H31N5O9/c24-14(7-8-18(25)30)20(33)26-15(10-12-3-5-13(29)6-4-12)21(34)27-16(11-19(31)32)22(35)28-9-1-2-17(28)23(36)37/h3-6,14-17,29H,1-2,7-11,24H2,(H2,25,30)(H,26,33)(H,27,34)(H,31,32)(H,36,37). The second-order valence-corrected chi connectivity index (χ2v) is 8.73. The van der Waals surface area contributed by atoms with Crippen LogP contribution in [-0.4, -0.2) is 86.5 Å². The van der Waals surface area contributed by atoms with Crippen LogP contribution in [0.1, 0.15) is 37.7 Å². The maximum Gasteiger partial charge on any atom is 0.326 e. The van der Waals surface area contributed by atoms with Gasteiger partial charge in [-0.1, -0.05) is 12.1 Å². The average Bonchev–Trinajstić information content (AvgIpc) is 3.32. The molecule has 0 radical (unpaired) electrons. The first-order valence-corrected chi connectivity index (χ1v) is 11.6. The zero-order valence-electron chi connectivity index (χ0n) is 20.0. The first-order valence-electron chi connectivity index (χ1n) is 11.6. The Morgan fingerprint density at radius 3 is 2.19 bits per heavy atom. The van der Waals surface area contributed by atoms with Crippen molar-refractivity contribution < 1.29 is 44.1 Å². The van der Waals surface area contributed by atoms with Crippen molar-refractivity contribution in [3.63, 3.8) is 0 Å². The van der Waals surface area contributed by atoms with Crippen LogP contribution in [0.2, 0.25) is 0 Å². The summed E-state index contributed by atoms with van der Waals surface area (Å²) in [6.45, 7) is 0.0875. The summed E-state index contributed by atoms with van der Waals surface area (Å²) in [4.78, 5) is 73.8. The Morgan fingerprint density at radius 2 is 1.62 bits per heavy atom. The molecule has 1 aliphatic rings. The molecule has 14 heteroatoms. The summed E-state index contributed by atoms with van der Waals surface area (Å²) < 4.78 is 0. The Labute approximate surface area is 212 Å². The molecule has 9 N–H and O–H groups in total. The predicted octanol–water partition coefficient (Wildman–Crippen LogP) is -1.95. The molecule has 0 saturated carbocycles. The van der Waals surface area contributed by atoms with Gasteiger partial charge in [0.2, 0.25) is 23.6 Å². The maximum absolute atomic E-state index is 13.2. The van der Waals surface area contributed by atoms with Crippen molar-refractivity contribution in [3.8, 4) is 5.75 Å². The van der Waals surface area contributed by atoms with Gasteiger partial charge in [-0.05, 0) is 37.0 Å². The van der Waals surface area contributed by atoms with Gasteiger partial charge in [-0.2, -0.15) is 0 Å². The molecule has 1 aromatic carbocycles. The van der Waals surface area contributed by atoms with Gasteiger partial charge in [0.1, 0.15) is 23.9 Å². The number of likely N-dealkylation sites (tertiary alicyclic amines) is 1. The highest BCUT2D eigenvalue weighted by atomic mass is 16.4. The molecule has 0 aromatic heterocycles.